The van der Waals surface area contributed by atoms with Gasteiger partial charge in [-0.15, -0.1) is 0 Å². The lowest BCUT2D eigenvalue weighted by molar-refractivity contribution is -0.231. The first-order valence-corrected chi connectivity index (χ1v) is 15.2. The minimum absolute atomic E-state index is 0.0344. The first kappa shape index (κ1) is 34.1. The first-order valence-electron chi connectivity index (χ1n) is 14.8. The molecule has 7 atom stereocenters. The lowest BCUT2D eigenvalue weighted by Crippen LogP contribution is -2.55. The topological polar surface area (TPSA) is 156 Å². The number of hydrogen-bond acceptors (Lipinski definition) is 9. The molecular weight excluding hydrogens is 593 g/mol. The van der Waals surface area contributed by atoms with Gasteiger partial charge >= 0.3 is 0 Å². The average molecular weight is 634 g/mol. The van der Waals surface area contributed by atoms with Crippen molar-refractivity contribution >= 4 is 17.5 Å². The fourth-order valence-electron chi connectivity index (χ4n) is 5.60. The molecule has 2 saturated heterocycles. The number of amides is 1. The molecule has 0 aromatic heterocycles. The Balaban J connectivity index is 1.25. The van der Waals surface area contributed by atoms with Crippen LogP contribution in [-0.4, -0.2) is 99.7 Å². The Morgan fingerprint density at radius 3 is 2.59 bits per heavy atom. The van der Waals surface area contributed by atoms with Gasteiger partial charge in [0.05, 0.1) is 32.4 Å². The summed E-state index contributed by atoms with van der Waals surface area (Å²) in [4.78, 5) is 13.8. The quantitative estimate of drug-likeness (QED) is 0.222. The molecule has 2 aliphatic rings. The largest absolute Gasteiger partial charge is 0.494 e. The summed E-state index contributed by atoms with van der Waals surface area (Å²) >= 11 is 6.46. The lowest BCUT2D eigenvalue weighted by Gasteiger charge is -2.40. The van der Waals surface area contributed by atoms with Crippen LogP contribution in [0.1, 0.15) is 55.9 Å². The number of aliphatic hydroxyl groups is 4. The van der Waals surface area contributed by atoms with E-state index in [-0.39, 0.29) is 31.0 Å². The summed E-state index contributed by atoms with van der Waals surface area (Å²) in [7, 11) is 0. The third kappa shape index (κ3) is 8.46. The van der Waals surface area contributed by atoms with Gasteiger partial charge in [-0.1, -0.05) is 35.9 Å². The molecular formula is C32H41ClFN3O7. The number of nitrogens with one attached hydrogen (secondary N) is 1. The zero-order chi connectivity index (χ0) is 32.0. The highest BCUT2D eigenvalue weighted by Gasteiger charge is 2.44. The summed E-state index contributed by atoms with van der Waals surface area (Å²) in [5.74, 6) is 0.427. The highest BCUT2D eigenvalue weighted by atomic mass is 35.5. The van der Waals surface area contributed by atoms with Crippen LogP contribution in [-0.2, 0) is 16.0 Å². The van der Waals surface area contributed by atoms with Crippen molar-refractivity contribution in [2.45, 2.75) is 87.8 Å². The Morgan fingerprint density at radius 1 is 1.18 bits per heavy atom. The monoisotopic (exact) mass is 633 g/mol. The van der Waals surface area contributed by atoms with Crippen molar-refractivity contribution in [1.29, 1.82) is 5.26 Å². The Bertz CT molecular complexity index is 1310. The molecule has 10 nitrogen and oxygen atoms in total. The molecule has 12 heteroatoms. The Kier molecular flexibility index (Phi) is 11.6. The third-order valence-electron chi connectivity index (χ3n) is 8.26. The molecule has 2 aromatic rings. The maximum Gasteiger partial charge on any atom is 0.237 e. The van der Waals surface area contributed by atoms with E-state index in [1.54, 1.807) is 18.2 Å². The molecule has 44 heavy (non-hydrogen) atoms. The normalized spacial score (nSPS) is 27.2. The molecule has 4 rings (SSSR count). The number of likely N-dealkylation sites (tertiary alicyclic amines) is 1. The van der Waals surface area contributed by atoms with E-state index in [0.717, 1.165) is 24.0 Å². The van der Waals surface area contributed by atoms with E-state index in [9.17, 15) is 34.9 Å². The predicted molar refractivity (Wildman–Crippen MR) is 161 cm³/mol. The van der Waals surface area contributed by atoms with Crippen LogP contribution in [0.2, 0.25) is 5.02 Å². The number of aliphatic hydroxyl groups excluding tert-OH is 4. The van der Waals surface area contributed by atoms with Gasteiger partial charge in [0, 0.05) is 17.0 Å². The second-order valence-electron chi connectivity index (χ2n) is 12.1. The molecule has 0 spiro atoms. The van der Waals surface area contributed by atoms with E-state index < -0.39 is 49.3 Å². The maximum absolute atomic E-state index is 13.6. The number of rotatable bonds is 12. The number of carbonyl (C=O) groups excluding carboxylic acids is 1. The van der Waals surface area contributed by atoms with E-state index in [1.165, 1.54) is 4.90 Å². The number of ether oxygens (including phenoxy) is 2. The maximum atomic E-state index is 13.6. The zero-order valence-corrected chi connectivity index (χ0v) is 25.7. The summed E-state index contributed by atoms with van der Waals surface area (Å²) in [5, 5.41) is 53.2. The van der Waals surface area contributed by atoms with Crippen molar-refractivity contribution < 1.29 is 39.1 Å². The molecule has 5 N–H and O–H groups in total. The molecule has 0 unspecified atom stereocenters. The summed E-state index contributed by atoms with van der Waals surface area (Å²) in [6.45, 7) is 3.94. The van der Waals surface area contributed by atoms with Gasteiger partial charge < -0.3 is 40.1 Å². The predicted octanol–water partition coefficient (Wildman–Crippen LogP) is 2.44. The second kappa shape index (κ2) is 15.0. The molecule has 0 aliphatic carbocycles. The van der Waals surface area contributed by atoms with Gasteiger partial charge in [-0.2, -0.15) is 5.26 Å². The van der Waals surface area contributed by atoms with Crippen LogP contribution >= 0.6 is 11.6 Å². The van der Waals surface area contributed by atoms with Crippen LogP contribution in [0.25, 0.3) is 0 Å². The van der Waals surface area contributed by atoms with Crippen LogP contribution in [0.15, 0.2) is 42.5 Å². The van der Waals surface area contributed by atoms with Gasteiger partial charge in [0.15, 0.2) is 0 Å². The van der Waals surface area contributed by atoms with E-state index >= 15 is 0 Å². The van der Waals surface area contributed by atoms with E-state index in [0.29, 0.717) is 29.4 Å². The van der Waals surface area contributed by atoms with E-state index in [1.807, 2.05) is 44.2 Å². The van der Waals surface area contributed by atoms with Crippen molar-refractivity contribution in [2.75, 3.05) is 26.3 Å². The van der Waals surface area contributed by atoms with Crippen molar-refractivity contribution in [1.82, 2.24) is 10.2 Å². The SMILES string of the molecule is CC(C)(CCCOc1ccc(Cc2cc([C@@H]3O[C@H](CO)[C@@H](O)[C@H](O)[C@H]3O)ccc2Cl)cc1)NCC(=O)N1C[C@@H](F)C[C@H]1C#N. The van der Waals surface area contributed by atoms with Crippen LogP contribution in [0, 0.1) is 11.3 Å². The summed E-state index contributed by atoms with van der Waals surface area (Å²) in [5.41, 5.74) is 1.96. The number of alkyl halides is 1. The minimum Gasteiger partial charge on any atom is -0.494 e. The van der Waals surface area contributed by atoms with Crippen LogP contribution in [0.5, 0.6) is 5.75 Å². The Hall–Kier alpha value is -2.82. The number of nitrogens with zero attached hydrogens (tertiary/aromatic N) is 2. The van der Waals surface area contributed by atoms with Crippen molar-refractivity contribution in [3.8, 4) is 11.8 Å². The van der Waals surface area contributed by atoms with Crippen molar-refractivity contribution in [3.63, 3.8) is 0 Å². The zero-order valence-electron chi connectivity index (χ0n) is 24.9. The number of halogens is 2. The van der Waals surface area contributed by atoms with Gasteiger partial charge in [0.2, 0.25) is 5.91 Å². The molecule has 0 radical (unpaired) electrons. The summed E-state index contributed by atoms with van der Waals surface area (Å²) in [6, 6.07) is 14.0. The average Bonchev–Trinajstić information content (AvgIpc) is 3.40. The highest BCUT2D eigenvalue weighted by Crippen LogP contribution is 2.34. The Labute approximate surface area is 262 Å². The minimum atomic E-state index is -1.46. The van der Waals surface area contributed by atoms with Gasteiger partial charge in [0.1, 0.15) is 48.5 Å². The summed E-state index contributed by atoms with van der Waals surface area (Å²) < 4.78 is 25.2. The van der Waals surface area contributed by atoms with Gasteiger partial charge in [-0.25, -0.2) is 4.39 Å². The Morgan fingerprint density at radius 2 is 1.91 bits per heavy atom. The molecule has 240 valence electrons. The van der Waals surface area contributed by atoms with E-state index in [2.05, 4.69) is 5.32 Å². The van der Waals surface area contributed by atoms with Crippen molar-refractivity contribution in [2.24, 2.45) is 0 Å². The van der Waals surface area contributed by atoms with E-state index in [4.69, 9.17) is 21.1 Å². The van der Waals surface area contributed by atoms with Crippen LogP contribution in [0.4, 0.5) is 4.39 Å². The first-order chi connectivity index (χ1) is 20.9. The van der Waals surface area contributed by atoms with Gasteiger partial charge in [0.25, 0.3) is 0 Å². The highest BCUT2D eigenvalue weighted by molar-refractivity contribution is 6.31. The molecule has 2 fully saturated rings. The third-order valence-corrected chi connectivity index (χ3v) is 8.63. The van der Waals surface area contributed by atoms with Crippen LogP contribution in [0.3, 0.4) is 0 Å². The molecule has 0 saturated carbocycles. The molecule has 0 bridgehead atoms. The molecule has 1 amide bonds. The molecule has 2 aromatic carbocycles. The lowest BCUT2D eigenvalue weighted by atomic mass is 9.90. The second-order valence-corrected chi connectivity index (χ2v) is 12.5. The van der Waals surface area contributed by atoms with Gasteiger partial charge in [-0.3, -0.25) is 4.79 Å². The van der Waals surface area contributed by atoms with Crippen LogP contribution < -0.4 is 10.1 Å². The fourth-order valence-corrected chi connectivity index (χ4v) is 5.78. The molecule has 2 heterocycles. The molecule has 2 aliphatic heterocycles. The van der Waals surface area contributed by atoms with Crippen molar-refractivity contribution in [3.05, 3.63) is 64.2 Å². The number of benzene rings is 2. The number of carbonyl (C=O) groups is 1. The summed E-state index contributed by atoms with van der Waals surface area (Å²) in [6.07, 6.45) is -5.35. The fraction of sp³-hybridized carbons (Fsp3) is 0.562. The standard InChI is InChI=1S/C32H41ClFN3O7/c1-32(2,36-16-27(39)37-17-22(34)14-23(37)15-35)10-3-11-43-24-7-4-19(5-8-24)12-21-13-20(6-9-25(21)33)31-30(42)29(41)28(40)26(18-38)44-31/h4-9,13,22-23,26,28-31,36,38,40-42H,3,10-12,14,16-18H2,1-2H3/t22-,23-,26+,28+,29-,30+,31-/m0/s1. The number of hydrogen-bond donors (Lipinski definition) is 5. The number of nitriles is 1. The smallest absolute Gasteiger partial charge is 0.237 e. The van der Waals surface area contributed by atoms with Gasteiger partial charge in [-0.05, 0) is 68.0 Å².